The Morgan fingerprint density at radius 3 is 2.35 bits per heavy atom. The number of nitrogens with zero attached hydrogens (tertiary/aromatic N) is 2. The maximum absolute atomic E-state index is 12.2. The van der Waals surface area contributed by atoms with E-state index in [1.54, 1.807) is 0 Å². The second-order valence-corrected chi connectivity index (χ2v) is 9.24. The summed E-state index contributed by atoms with van der Waals surface area (Å²) in [7, 11) is -3.11. The SMILES string of the molecule is CS(=O)(=O)NC1CCN(C2CCC(=O)N(CC3CC3)CC2)CC1. The molecular weight excluding hydrogens is 314 g/mol. The number of hydrogen-bond acceptors (Lipinski definition) is 4. The van der Waals surface area contributed by atoms with Gasteiger partial charge in [0.2, 0.25) is 15.9 Å². The second-order valence-electron chi connectivity index (χ2n) is 7.46. The molecule has 6 nitrogen and oxygen atoms in total. The van der Waals surface area contributed by atoms with Gasteiger partial charge in [0.1, 0.15) is 0 Å². The molecule has 1 amide bonds. The van der Waals surface area contributed by atoms with Gasteiger partial charge in [0.05, 0.1) is 6.26 Å². The van der Waals surface area contributed by atoms with Crippen molar-refractivity contribution in [2.45, 2.75) is 57.0 Å². The van der Waals surface area contributed by atoms with Crippen molar-refractivity contribution < 1.29 is 13.2 Å². The molecule has 1 aliphatic carbocycles. The first-order chi connectivity index (χ1) is 10.9. The van der Waals surface area contributed by atoms with Gasteiger partial charge in [0.15, 0.2) is 0 Å². The van der Waals surface area contributed by atoms with Gasteiger partial charge in [-0.2, -0.15) is 0 Å². The third kappa shape index (κ3) is 5.16. The van der Waals surface area contributed by atoms with Crippen molar-refractivity contribution in [3.8, 4) is 0 Å². The topological polar surface area (TPSA) is 69.7 Å². The number of likely N-dealkylation sites (tertiary alicyclic amines) is 2. The largest absolute Gasteiger partial charge is 0.342 e. The Hall–Kier alpha value is -0.660. The first-order valence-corrected chi connectivity index (χ1v) is 10.8. The third-order valence-corrected chi connectivity index (χ3v) is 6.14. The number of nitrogens with one attached hydrogen (secondary N) is 1. The molecule has 132 valence electrons. The summed E-state index contributed by atoms with van der Waals surface area (Å²) in [5.74, 6) is 1.08. The number of carbonyl (C=O) groups is 1. The summed E-state index contributed by atoms with van der Waals surface area (Å²) >= 11 is 0. The molecule has 0 spiro atoms. The predicted molar refractivity (Wildman–Crippen MR) is 89.5 cm³/mol. The van der Waals surface area contributed by atoms with Gasteiger partial charge in [-0.15, -0.1) is 0 Å². The quantitative estimate of drug-likeness (QED) is 0.801. The van der Waals surface area contributed by atoms with Crippen molar-refractivity contribution in [1.82, 2.24) is 14.5 Å². The summed E-state index contributed by atoms with van der Waals surface area (Å²) in [6, 6.07) is 0.544. The standard InChI is InChI=1S/C16H29N3O3S/c1-23(21,22)17-14-6-9-18(10-7-14)15-4-5-16(20)19(11-8-15)12-13-2-3-13/h13-15,17H,2-12H2,1H3. The predicted octanol–water partition coefficient (Wildman–Crippen LogP) is 0.791. The molecule has 3 fully saturated rings. The molecular formula is C16H29N3O3S. The van der Waals surface area contributed by atoms with E-state index in [1.165, 1.54) is 19.1 Å². The number of piperidine rings is 1. The highest BCUT2D eigenvalue weighted by Gasteiger charge is 2.32. The zero-order chi connectivity index (χ0) is 16.4. The highest BCUT2D eigenvalue weighted by atomic mass is 32.2. The first-order valence-electron chi connectivity index (χ1n) is 8.90. The van der Waals surface area contributed by atoms with Crippen LogP contribution in [-0.2, 0) is 14.8 Å². The molecule has 1 unspecified atom stereocenters. The fourth-order valence-corrected chi connectivity index (χ4v) is 4.72. The lowest BCUT2D eigenvalue weighted by atomic mass is 10.0. The number of rotatable bonds is 5. The summed E-state index contributed by atoms with van der Waals surface area (Å²) in [6.07, 6.45) is 8.20. The normalized spacial score (nSPS) is 28.8. The lowest BCUT2D eigenvalue weighted by Crippen LogP contribution is -2.48. The Bertz CT molecular complexity index is 525. The van der Waals surface area contributed by atoms with Crippen LogP contribution in [0.5, 0.6) is 0 Å². The van der Waals surface area contributed by atoms with E-state index < -0.39 is 10.0 Å². The van der Waals surface area contributed by atoms with Crippen LogP contribution in [0.25, 0.3) is 0 Å². The zero-order valence-electron chi connectivity index (χ0n) is 14.0. The maximum atomic E-state index is 12.2. The molecule has 1 N–H and O–H groups in total. The van der Waals surface area contributed by atoms with E-state index in [1.807, 2.05) is 0 Å². The Labute approximate surface area is 139 Å². The average molecular weight is 343 g/mol. The summed E-state index contributed by atoms with van der Waals surface area (Å²) in [4.78, 5) is 16.8. The molecule has 3 rings (SSSR count). The minimum absolute atomic E-state index is 0.0695. The van der Waals surface area contributed by atoms with Gasteiger partial charge in [-0.25, -0.2) is 13.1 Å². The molecule has 3 aliphatic rings. The lowest BCUT2D eigenvalue weighted by Gasteiger charge is -2.37. The van der Waals surface area contributed by atoms with E-state index in [2.05, 4.69) is 14.5 Å². The van der Waals surface area contributed by atoms with Crippen LogP contribution in [0.4, 0.5) is 0 Å². The Balaban J connectivity index is 1.47. The van der Waals surface area contributed by atoms with Crippen LogP contribution in [0.1, 0.15) is 44.9 Å². The molecule has 2 saturated heterocycles. The Morgan fingerprint density at radius 1 is 1.04 bits per heavy atom. The van der Waals surface area contributed by atoms with E-state index in [9.17, 15) is 13.2 Å². The van der Waals surface area contributed by atoms with E-state index >= 15 is 0 Å². The summed E-state index contributed by atoms with van der Waals surface area (Å²) < 4.78 is 25.4. The monoisotopic (exact) mass is 343 g/mol. The molecule has 0 aromatic rings. The number of amides is 1. The van der Waals surface area contributed by atoms with Crippen LogP contribution < -0.4 is 4.72 Å². The average Bonchev–Trinajstić information content (AvgIpc) is 3.30. The van der Waals surface area contributed by atoms with Crippen molar-refractivity contribution in [2.75, 3.05) is 32.4 Å². The number of hydrogen-bond donors (Lipinski definition) is 1. The summed E-state index contributed by atoms with van der Waals surface area (Å²) in [5.41, 5.74) is 0. The Morgan fingerprint density at radius 2 is 1.74 bits per heavy atom. The van der Waals surface area contributed by atoms with Gasteiger partial charge in [-0.05, 0) is 57.5 Å². The van der Waals surface area contributed by atoms with Gasteiger partial charge in [0.25, 0.3) is 0 Å². The second kappa shape index (κ2) is 7.07. The molecule has 7 heteroatoms. The van der Waals surface area contributed by atoms with E-state index in [4.69, 9.17) is 0 Å². The zero-order valence-corrected chi connectivity index (χ0v) is 14.9. The van der Waals surface area contributed by atoms with Crippen molar-refractivity contribution >= 4 is 15.9 Å². The molecule has 0 radical (unpaired) electrons. The van der Waals surface area contributed by atoms with Crippen molar-refractivity contribution in [3.05, 3.63) is 0 Å². The van der Waals surface area contributed by atoms with Crippen molar-refractivity contribution in [1.29, 1.82) is 0 Å². The molecule has 23 heavy (non-hydrogen) atoms. The fraction of sp³-hybridized carbons (Fsp3) is 0.938. The van der Waals surface area contributed by atoms with E-state index in [-0.39, 0.29) is 6.04 Å². The summed E-state index contributed by atoms with van der Waals surface area (Å²) in [5, 5.41) is 0. The number of carbonyl (C=O) groups excluding carboxylic acids is 1. The number of sulfonamides is 1. The molecule has 2 aliphatic heterocycles. The van der Waals surface area contributed by atoms with Gasteiger partial charge >= 0.3 is 0 Å². The van der Waals surface area contributed by atoms with Crippen molar-refractivity contribution in [2.24, 2.45) is 5.92 Å². The van der Waals surface area contributed by atoms with E-state index in [0.717, 1.165) is 57.8 Å². The molecule has 1 atom stereocenters. The molecule has 0 bridgehead atoms. The van der Waals surface area contributed by atoms with Crippen LogP contribution in [0.3, 0.4) is 0 Å². The Kier molecular flexibility index (Phi) is 5.28. The maximum Gasteiger partial charge on any atom is 0.222 e. The minimum atomic E-state index is -3.11. The summed E-state index contributed by atoms with van der Waals surface area (Å²) in [6.45, 7) is 3.71. The van der Waals surface area contributed by atoms with Crippen LogP contribution in [0.15, 0.2) is 0 Å². The van der Waals surface area contributed by atoms with Gasteiger partial charge < -0.3 is 9.80 Å². The highest BCUT2D eigenvalue weighted by Crippen LogP contribution is 2.31. The van der Waals surface area contributed by atoms with Crippen LogP contribution >= 0.6 is 0 Å². The van der Waals surface area contributed by atoms with Gasteiger partial charge in [-0.1, -0.05) is 0 Å². The molecule has 0 aromatic carbocycles. The minimum Gasteiger partial charge on any atom is -0.342 e. The van der Waals surface area contributed by atoms with Crippen LogP contribution in [0, 0.1) is 5.92 Å². The van der Waals surface area contributed by atoms with Gasteiger partial charge in [-0.3, -0.25) is 4.79 Å². The lowest BCUT2D eigenvalue weighted by molar-refractivity contribution is -0.130. The third-order valence-electron chi connectivity index (χ3n) is 5.38. The van der Waals surface area contributed by atoms with Crippen molar-refractivity contribution in [3.63, 3.8) is 0 Å². The molecule has 2 heterocycles. The fourth-order valence-electron chi connectivity index (χ4n) is 3.88. The van der Waals surface area contributed by atoms with Crippen LogP contribution in [0.2, 0.25) is 0 Å². The molecule has 1 saturated carbocycles. The first kappa shape index (κ1) is 17.2. The molecule has 0 aromatic heterocycles. The van der Waals surface area contributed by atoms with Gasteiger partial charge in [0, 0.05) is 31.6 Å². The smallest absolute Gasteiger partial charge is 0.222 e. The highest BCUT2D eigenvalue weighted by molar-refractivity contribution is 7.88. The van der Waals surface area contributed by atoms with E-state index in [0.29, 0.717) is 18.4 Å². The van der Waals surface area contributed by atoms with Crippen LogP contribution in [-0.4, -0.2) is 68.6 Å².